The quantitative estimate of drug-likeness (QED) is 0.430. The molecule has 0 aliphatic carbocycles. The van der Waals surface area contributed by atoms with Gasteiger partial charge in [-0.25, -0.2) is 15.0 Å². The van der Waals surface area contributed by atoms with Crippen molar-refractivity contribution in [2.45, 2.75) is 63.3 Å². The monoisotopic (exact) mass is 396 g/mol. The molecular formula is C18H32N4O4Si. The number of hydrogen-bond acceptors (Lipinski definition) is 7. The Labute approximate surface area is 162 Å². The maximum atomic E-state index is 10.7. The summed E-state index contributed by atoms with van der Waals surface area (Å²) in [5.74, 6) is 0.339. The highest BCUT2D eigenvalue weighted by molar-refractivity contribution is 6.74. The summed E-state index contributed by atoms with van der Waals surface area (Å²) in [6.07, 6.45) is 2.15. The van der Waals surface area contributed by atoms with Crippen LogP contribution >= 0.6 is 0 Å². The predicted octanol–water partition coefficient (Wildman–Crippen LogP) is 1.88. The summed E-state index contributed by atoms with van der Waals surface area (Å²) in [5.41, 5.74) is 0.692. The van der Waals surface area contributed by atoms with E-state index in [1.165, 1.54) is 0 Å². The minimum Gasteiger partial charge on any atom is -0.408 e. The third kappa shape index (κ3) is 5.11. The smallest absolute Gasteiger partial charge is 0.250 e. The maximum Gasteiger partial charge on any atom is 0.250 e. The Bertz CT molecular complexity index is 646. The van der Waals surface area contributed by atoms with Crippen LogP contribution in [0.5, 0.6) is 0 Å². The molecule has 8 nitrogen and oxygen atoms in total. The van der Waals surface area contributed by atoms with Crippen molar-refractivity contribution < 1.29 is 19.4 Å². The highest BCUT2D eigenvalue weighted by atomic mass is 28.4. The van der Waals surface area contributed by atoms with Crippen LogP contribution in [0.25, 0.3) is 0 Å². The second kappa shape index (κ2) is 8.32. The molecular weight excluding hydrogens is 364 g/mol. The van der Waals surface area contributed by atoms with Crippen LogP contribution < -0.4 is 0 Å². The molecule has 2 rings (SSSR count). The zero-order chi connectivity index (χ0) is 20.4. The number of hydrogen-bond donors (Lipinski definition) is 2. The Morgan fingerprint density at radius 3 is 2.37 bits per heavy atom. The topological polar surface area (TPSA) is 100 Å². The van der Waals surface area contributed by atoms with Crippen molar-refractivity contribution in [1.29, 1.82) is 0 Å². The normalized spacial score (nSPS) is 26.7. The molecule has 152 valence electrons. The van der Waals surface area contributed by atoms with Gasteiger partial charge in [0.25, 0.3) is 5.95 Å². The van der Waals surface area contributed by atoms with E-state index in [-0.39, 0.29) is 11.6 Å². The molecule has 9 heteroatoms. The average Bonchev–Trinajstić information content (AvgIpc) is 2.88. The van der Waals surface area contributed by atoms with Crippen LogP contribution in [0.2, 0.25) is 18.1 Å². The van der Waals surface area contributed by atoms with Crippen molar-refractivity contribution in [3.8, 4) is 0 Å². The molecule has 1 aliphatic rings. The molecule has 1 fully saturated rings. The van der Waals surface area contributed by atoms with Gasteiger partial charge < -0.3 is 24.3 Å². The molecule has 1 aromatic heterocycles. The number of rotatable bonds is 6. The van der Waals surface area contributed by atoms with Gasteiger partial charge in [-0.1, -0.05) is 20.8 Å². The van der Waals surface area contributed by atoms with Gasteiger partial charge in [0, 0.05) is 32.1 Å². The highest BCUT2D eigenvalue weighted by Gasteiger charge is 2.50. The van der Waals surface area contributed by atoms with Crippen LogP contribution in [-0.2, 0) is 9.16 Å². The molecule has 0 radical (unpaired) electrons. The van der Waals surface area contributed by atoms with E-state index in [0.29, 0.717) is 11.5 Å². The summed E-state index contributed by atoms with van der Waals surface area (Å²) in [5, 5.41) is 20.2. The lowest BCUT2D eigenvalue weighted by Crippen LogP contribution is -2.48. The third-order valence-electron chi connectivity index (χ3n) is 5.15. The van der Waals surface area contributed by atoms with Crippen LogP contribution in [-0.4, -0.2) is 78.8 Å². The van der Waals surface area contributed by atoms with Gasteiger partial charge in [-0.05, 0) is 18.1 Å². The van der Waals surface area contributed by atoms with Gasteiger partial charge in [0.15, 0.2) is 8.32 Å². The van der Waals surface area contributed by atoms with Crippen molar-refractivity contribution in [3.05, 3.63) is 18.0 Å². The molecule has 1 aromatic rings. The van der Waals surface area contributed by atoms with Crippen molar-refractivity contribution in [1.82, 2.24) is 14.9 Å². The molecule has 0 amide bonds. The number of ether oxygens (including phenoxy) is 1. The fourth-order valence-corrected chi connectivity index (χ4v) is 3.81. The van der Waals surface area contributed by atoms with E-state index in [9.17, 15) is 10.2 Å². The Hall–Kier alpha value is -1.39. The molecule has 1 saturated heterocycles. The van der Waals surface area contributed by atoms with Crippen LogP contribution in [0.15, 0.2) is 17.4 Å². The standard InChI is InChI=1S/C18H32N4O4Si/c1-18(2,3)27(6,7)26-16-14(24)13(10-23)25-15(16)12-8-19-17(20-9-12)21-11-22(4)5/h8-9,11,13-16,23-24H,10H2,1-7H3/b21-11-/t13-,14-,15+,16-/m1/s1. The molecule has 0 saturated carbocycles. The molecule has 4 atom stereocenters. The second-order valence-electron chi connectivity index (χ2n) is 8.64. The summed E-state index contributed by atoms with van der Waals surface area (Å²) in [7, 11) is 1.57. The lowest BCUT2D eigenvalue weighted by Gasteiger charge is -2.40. The van der Waals surface area contributed by atoms with Crippen molar-refractivity contribution in [3.63, 3.8) is 0 Å². The van der Waals surface area contributed by atoms with E-state index < -0.39 is 32.7 Å². The van der Waals surface area contributed by atoms with E-state index in [0.717, 1.165) is 0 Å². The highest BCUT2D eigenvalue weighted by Crippen LogP contribution is 2.43. The fourth-order valence-electron chi connectivity index (χ4n) is 2.52. The molecule has 0 bridgehead atoms. The van der Waals surface area contributed by atoms with Gasteiger partial charge in [-0.2, -0.15) is 0 Å². The first-order chi connectivity index (χ1) is 12.5. The largest absolute Gasteiger partial charge is 0.408 e. The van der Waals surface area contributed by atoms with Gasteiger partial charge in [-0.15, -0.1) is 0 Å². The lowest BCUT2D eigenvalue weighted by molar-refractivity contribution is -0.0228. The Balaban J connectivity index is 2.26. The van der Waals surface area contributed by atoms with Crippen molar-refractivity contribution in [2.24, 2.45) is 4.99 Å². The van der Waals surface area contributed by atoms with Crippen LogP contribution in [0.4, 0.5) is 5.95 Å². The zero-order valence-electron chi connectivity index (χ0n) is 17.2. The summed E-state index contributed by atoms with van der Waals surface area (Å²) < 4.78 is 12.3. The van der Waals surface area contributed by atoms with Gasteiger partial charge >= 0.3 is 0 Å². The summed E-state index contributed by atoms with van der Waals surface area (Å²) >= 11 is 0. The number of aliphatic imine (C=N–C) groups is 1. The Kier molecular flexibility index (Phi) is 6.75. The fraction of sp³-hybridized carbons (Fsp3) is 0.722. The first-order valence-electron chi connectivity index (χ1n) is 9.11. The summed E-state index contributed by atoms with van der Waals surface area (Å²) in [6, 6.07) is 0. The first-order valence-corrected chi connectivity index (χ1v) is 12.0. The Morgan fingerprint density at radius 1 is 1.30 bits per heavy atom. The molecule has 0 aromatic carbocycles. The van der Waals surface area contributed by atoms with Gasteiger partial charge in [-0.3, -0.25) is 0 Å². The van der Waals surface area contributed by atoms with Crippen LogP contribution in [0.3, 0.4) is 0 Å². The van der Waals surface area contributed by atoms with Crippen molar-refractivity contribution in [2.75, 3.05) is 20.7 Å². The van der Waals surface area contributed by atoms with Gasteiger partial charge in [0.2, 0.25) is 0 Å². The molecule has 0 unspecified atom stereocenters. The van der Waals surface area contributed by atoms with E-state index >= 15 is 0 Å². The average molecular weight is 397 g/mol. The molecule has 27 heavy (non-hydrogen) atoms. The van der Waals surface area contributed by atoms with E-state index in [1.54, 1.807) is 23.6 Å². The molecule has 1 aliphatic heterocycles. The number of aromatic nitrogens is 2. The minimum atomic E-state index is -2.16. The number of nitrogens with zero attached hydrogens (tertiary/aromatic N) is 4. The molecule has 0 spiro atoms. The SMILES string of the molecule is CN(C)/C=N\c1ncc([C@@H]2O[C@H](CO)[C@@H](O)[C@H]2O[Si](C)(C)C(C)(C)C)cn1. The zero-order valence-corrected chi connectivity index (χ0v) is 18.2. The number of aliphatic hydroxyl groups is 2. The summed E-state index contributed by atoms with van der Waals surface area (Å²) in [6.45, 7) is 10.4. The van der Waals surface area contributed by atoms with Crippen LogP contribution in [0, 0.1) is 0 Å². The lowest BCUT2D eigenvalue weighted by atomic mass is 10.0. The van der Waals surface area contributed by atoms with Gasteiger partial charge in [0.1, 0.15) is 24.4 Å². The van der Waals surface area contributed by atoms with E-state index in [2.05, 4.69) is 48.8 Å². The predicted molar refractivity (Wildman–Crippen MR) is 107 cm³/mol. The second-order valence-corrected chi connectivity index (χ2v) is 13.4. The van der Waals surface area contributed by atoms with E-state index in [4.69, 9.17) is 9.16 Å². The summed E-state index contributed by atoms with van der Waals surface area (Å²) in [4.78, 5) is 14.4. The van der Waals surface area contributed by atoms with Crippen molar-refractivity contribution >= 4 is 20.6 Å². The molecule has 2 heterocycles. The van der Waals surface area contributed by atoms with Gasteiger partial charge in [0.05, 0.1) is 12.9 Å². The third-order valence-corrected chi connectivity index (χ3v) is 9.62. The minimum absolute atomic E-state index is 0.0180. The molecule has 2 N–H and O–H groups in total. The maximum absolute atomic E-state index is 10.7. The van der Waals surface area contributed by atoms with Crippen LogP contribution in [0.1, 0.15) is 32.4 Å². The van der Waals surface area contributed by atoms with E-state index in [1.807, 2.05) is 14.1 Å². The first kappa shape index (κ1) is 21.9. The Morgan fingerprint density at radius 2 is 1.89 bits per heavy atom. The number of aliphatic hydroxyl groups excluding tert-OH is 2.